The minimum Gasteiger partial charge on any atom is -0.454 e. The van der Waals surface area contributed by atoms with Crippen molar-refractivity contribution in [1.29, 1.82) is 0 Å². The first kappa shape index (κ1) is 21.2. The van der Waals surface area contributed by atoms with Crippen LogP contribution in [0.15, 0.2) is 58.5 Å². The van der Waals surface area contributed by atoms with Gasteiger partial charge in [0.05, 0.1) is 16.8 Å². The number of carbonyl (C=O) groups excluding carboxylic acids is 1. The molecule has 0 fully saturated rings. The van der Waals surface area contributed by atoms with Gasteiger partial charge in [-0.3, -0.25) is 14.7 Å². The largest absolute Gasteiger partial charge is 0.454 e. The molecule has 11 nitrogen and oxygen atoms in total. The number of para-hydroxylation sites is 2. The molecule has 3 aromatic heterocycles. The van der Waals surface area contributed by atoms with E-state index in [1.54, 1.807) is 12.1 Å². The zero-order valence-electron chi connectivity index (χ0n) is 18.3. The van der Waals surface area contributed by atoms with Crippen LogP contribution in [0, 0.1) is 0 Å². The van der Waals surface area contributed by atoms with E-state index in [1.807, 2.05) is 30.3 Å². The number of hydrogen-bond acceptors (Lipinski definition) is 8. The van der Waals surface area contributed by atoms with Crippen LogP contribution >= 0.6 is 11.8 Å². The number of hydrogen-bond donors (Lipinski definition) is 3. The van der Waals surface area contributed by atoms with Gasteiger partial charge in [-0.2, -0.15) is 0 Å². The number of imidazole rings is 1. The van der Waals surface area contributed by atoms with E-state index in [2.05, 4.69) is 30.4 Å². The van der Waals surface area contributed by atoms with Crippen molar-refractivity contribution in [3.8, 4) is 22.9 Å². The Bertz CT molecular complexity index is 1590. The zero-order valence-corrected chi connectivity index (χ0v) is 19.1. The Labute approximate surface area is 201 Å². The second-order valence-electron chi connectivity index (χ2n) is 7.80. The minimum absolute atomic E-state index is 0.118. The third-order valence-corrected chi connectivity index (χ3v) is 6.35. The van der Waals surface area contributed by atoms with Crippen molar-refractivity contribution in [2.75, 3.05) is 19.1 Å². The van der Waals surface area contributed by atoms with Crippen molar-refractivity contribution < 1.29 is 14.3 Å². The molecule has 5 aromatic rings. The highest BCUT2D eigenvalue weighted by Gasteiger charge is 2.17. The molecule has 176 valence electrons. The number of nitrogens with zero attached hydrogens (tertiary/aromatic N) is 4. The molecule has 4 heterocycles. The molecular formula is C23H19N7O4S. The van der Waals surface area contributed by atoms with Crippen LogP contribution < -0.4 is 20.3 Å². The fourth-order valence-corrected chi connectivity index (χ4v) is 4.55. The van der Waals surface area contributed by atoms with E-state index in [1.165, 1.54) is 22.3 Å². The molecule has 0 atom stereocenters. The van der Waals surface area contributed by atoms with Crippen LogP contribution in [-0.4, -0.2) is 54.5 Å². The number of rotatable bonds is 7. The molecule has 3 N–H and O–H groups in total. The molecule has 0 saturated carbocycles. The number of thioether (sulfide) groups is 1. The van der Waals surface area contributed by atoms with Crippen LogP contribution in [0.25, 0.3) is 28.1 Å². The first-order chi connectivity index (χ1) is 17.1. The van der Waals surface area contributed by atoms with E-state index < -0.39 is 0 Å². The third kappa shape index (κ3) is 4.30. The summed E-state index contributed by atoms with van der Waals surface area (Å²) < 4.78 is 12.3. The van der Waals surface area contributed by atoms with Gasteiger partial charge in [0, 0.05) is 24.6 Å². The maximum atomic E-state index is 12.5. The smallest absolute Gasteiger partial charge is 0.266 e. The SMILES string of the molecule is O=C(CSc1nc(-c2ccc3c(c2)OCO3)nc2cc(=O)[nH]n12)NCCc1nc2ccccc2[nH]1. The summed E-state index contributed by atoms with van der Waals surface area (Å²) in [4.78, 5) is 41.3. The number of carbonyl (C=O) groups is 1. The number of aromatic nitrogens is 6. The van der Waals surface area contributed by atoms with Crippen molar-refractivity contribution in [3.63, 3.8) is 0 Å². The number of benzene rings is 2. The summed E-state index contributed by atoms with van der Waals surface area (Å²) in [6, 6.07) is 14.6. The molecule has 0 saturated heterocycles. The van der Waals surface area contributed by atoms with E-state index >= 15 is 0 Å². The average Bonchev–Trinajstić information content (AvgIpc) is 3.58. The summed E-state index contributed by atoms with van der Waals surface area (Å²) in [7, 11) is 0. The summed E-state index contributed by atoms with van der Waals surface area (Å²) in [5, 5.41) is 6.02. The van der Waals surface area contributed by atoms with E-state index in [4.69, 9.17) is 9.47 Å². The Balaban J connectivity index is 1.15. The standard InChI is InChI=1S/C23H19N7O4S/c31-20-10-19-27-22(13-5-6-16-17(9-13)34-12-33-16)28-23(30(19)29-20)35-11-21(32)24-8-7-18-25-14-3-1-2-4-15(14)26-18/h1-6,9-10H,7-8,11-12H2,(H,24,32)(H,25,26)(H,29,31). The lowest BCUT2D eigenvalue weighted by molar-refractivity contribution is -0.118. The van der Waals surface area contributed by atoms with E-state index in [9.17, 15) is 9.59 Å². The lowest BCUT2D eigenvalue weighted by Gasteiger charge is -2.08. The highest BCUT2D eigenvalue weighted by Crippen LogP contribution is 2.35. The van der Waals surface area contributed by atoms with Crippen LogP contribution in [0.2, 0.25) is 0 Å². The number of aromatic amines is 2. The Kier molecular flexibility index (Phi) is 5.34. The van der Waals surface area contributed by atoms with Crippen molar-refractivity contribution in [1.82, 2.24) is 34.9 Å². The summed E-state index contributed by atoms with van der Waals surface area (Å²) in [5.74, 6) is 2.45. The van der Waals surface area contributed by atoms with Crippen LogP contribution in [-0.2, 0) is 11.2 Å². The van der Waals surface area contributed by atoms with Crippen molar-refractivity contribution in [3.05, 3.63) is 64.7 Å². The molecule has 0 unspecified atom stereocenters. The van der Waals surface area contributed by atoms with Gasteiger partial charge >= 0.3 is 0 Å². The third-order valence-electron chi connectivity index (χ3n) is 5.41. The van der Waals surface area contributed by atoms with Crippen LogP contribution in [0.3, 0.4) is 0 Å². The van der Waals surface area contributed by atoms with Gasteiger partial charge in [-0.05, 0) is 30.3 Å². The number of H-pyrrole nitrogens is 2. The predicted octanol–water partition coefficient (Wildman–Crippen LogP) is 2.14. The zero-order chi connectivity index (χ0) is 23.8. The molecule has 0 radical (unpaired) electrons. The molecule has 0 bridgehead atoms. The summed E-state index contributed by atoms with van der Waals surface area (Å²) in [5.41, 5.74) is 2.68. The molecule has 0 spiro atoms. The Morgan fingerprint density at radius 3 is 2.89 bits per heavy atom. The summed E-state index contributed by atoms with van der Waals surface area (Å²) in [6.45, 7) is 0.611. The van der Waals surface area contributed by atoms with Gasteiger partial charge in [-0.15, -0.1) is 0 Å². The molecule has 1 amide bonds. The van der Waals surface area contributed by atoms with Gasteiger partial charge in [-0.25, -0.2) is 19.5 Å². The molecule has 1 aliphatic rings. The van der Waals surface area contributed by atoms with E-state index in [0.29, 0.717) is 46.7 Å². The normalized spacial score (nSPS) is 12.5. The molecule has 12 heteroatoms. The first-order valence-corrected chi connectivity index (χ1v) is 11.8. The second-order valence-corrected chi connectivity index (χ2v) is 8.74. The number of ether oxygens (including phenoxy) is 2. The number of fused-ring (bicyclic) bond motifs is 3. The van der Waals surface area contributed by atoms with Gasteiger partial charge in [-0.1, -0.05) is 23.9 Å². The molecule has 2 aromatic carbocycles. The van der Waals surface area contributed by atoms with Gasteiger partial charge in [0.15, 0.2) is 28.1 Å². The maximum Gasteiger partial charge on any atom is 0.266 e. The maximum absolute atomic E-state index is 12.5. The molecular weight excluding hydrogens is 470 g/mol. The Hall–Kier alpha value is -4.32. The van der Waals surface area contributed by atoms with Crippen LogP contribution in [0.5, 0.6) is 11.5 Å². The number of amides is 1. The molecule has 1 aliphatic heterocycles. The van der Waals surface area contributed by atoms with Crippen molar-refractivity contribution in [2.45, 2.75) is 11.6 Å². The van der Waals surface area contributed by atoms with Crippen molar-refractivity contribution >= 4 is 34.3 Å². The van der Waals surface area contributed by atoms with Gasteiger partial charge in [0.1, 0.15) is 5.82 Å². The quantitative estimate of drug-likeness (QED) is 0.296. The molecule has 6 rings (SSSR count). The first-order valence-electron chi connectivity index (χ1n) is 10.9. The Morgan fingerprint density at radius 2 is 1.97 bits per heavy atom. The minimum atomic E-state index is -0.306. The fraction of sp³-hybridized carbons (Fsp3) is 0.174. The average molecular weight is 490 g/mol. The van der Waals surface area contributed by atoms with E-state index in [-0.39, 0.29) is 24.0 Å². The van der Waals surface area contributed by atoms with Gasteiger partial charge in [0.2, 0.25) is 12.7 Å². The predicted molar refractivity (Wildman–Crippen MR) is 129 cm³/mol. The highest BCUT2D eigenvalue weighted by atomic mass is 32.2. The van der Waals surface area contributed by atoms with Crippen LogP contribution in [0.1, 0.15) is 5.82 Å². The fourth-order valence-electron chi connectivity index (χ4n) is 3.77. The highest BCUT2D eigenvalue weighted by molar-refractivity contribution is 7.99. The Morgan fingerprint density at radius 1 is 1.09 bits per heavy atom. The summed E-state index contributed by atoms with van der Waals surface area (Å²) >= 11 is 1.21. The molecule has 35 heavy (non-hydrogen) atoms. The van der Waals surface area contributed by atoms with E-state index in [0.717, 1.165) is 16.9 Å². The monoisotopic (exact) mass is 489 g/mol. The van der Waals surface area contributed by atoms with Gasteiger partial charge in [0.25, 0.3) is 5.56 Å². The lowest BCUT2D eigenvalue weighted by atomic mass is 10.2. The topological polar surface area (TPSA) is 139 Å². The lowest BCUT2D eigenvalue weighted by Crippen LogP contribution is -2.27. The summed E-state index contributed by atoms with van der Waals surface area (Å²) in [6.07, 6.45) is 0.585. The second kappa shape index (κ2) is 8.80. The van der Waals surface area contributed by atoms with Crippen molar-refractivity contribution in [2.24, 2.45) is 0 Å². The number of nitrogens with one attached hydrogen (secondary N) is 3. The van der Waals surface area contributed by atoms with Crippen LogP contribution in [0.4, 0.5) is 0 Å². The molecule has 0 aliphatic carbocycles. The van der Waals surface area contributed by atoms with Gasteiger partial charge < -0.3 is 19.8 Å².